The summed E-state index contributed by atoms with van der Waals surface area (Å²) in [5.74, 6) is -0.101. The minimum Gasteiger partial charge on any atom is -0.382 e. The second-order valence-corrected chi connectivity index (χ2v) is 7.29. The van der Waals surface area contributed by atoms with Gasteiger partial charge in [-0.1, -0.05) is 0 Å². The lowest BCUT2D eigenvalue weighted by atomic mass is 10.0. The number of anilines is 1. The number of Topliss-reactive ketones (excluding diaryl/α,β-unsaturated/α-hetero) is 1. The molecule has 0 heterocycles. The van der Waals surface area contributed by atoms with Crippen LogP contribution in [0.25, 0.3) is 0 Å². The first kappa shape index (κ1) is 17.1. The zero-order chi connectivity index (χ0) is 16.3. The van der Waals surface area contributed by atoms with Crippen LogP contribution in [-0.4, -0.2) is 32.5 Å². The molecule has 0 unspecified atom stereocenters. The van der Waals surface area contributed by atoms with Gasteiger partial charge in [-0.25, -0.2) is 13.1 Å². The third-order valence-electron chi connectivity index (χ3n) is 2.73. The number of nitriles is 1. The highest BCUT2D eigenvalue weighted by molar-refractivity contribution is 7.88. The van der Waals surface area contributed by atoms with Gasteiger partial charge in [0.05, 0.1) is 17.5 Å². The number of nitrogens with one attached hydrogen (secondary N) is 2. The third kappa shape index (κ3) is 5.53. The van der Waals surface area contributed by atoms with Crippen molar-refractivity contribution in [3.8, 4) is 6.07 Å². The minimum atomic E-state index is -3.33. The van der Waals surface area contributed by atoms with Crippen molar-refractivity contribution in [2.45, 2.75) is 26.3 Å². The molecule has 0 aliphatic rings. The van der Waals surface area contributed by atoms with Crippen molar-refractivity contribution in [3.63, 3.8) is 0 Å². The summed E-state index contributed by atoms with van der Waals surface area (Å²) < 4.78 is 25.1. The van der Waals surface area contributed by atoms with E-state index in [1.54, 1.807) is 32.0 Å². The smallest absolute Gasteiger partial charge is 0.209 e. The number of nitrogens with zero attached hydrogens (tertiary/aromatic N) is 1. The van der Waals surface area contributed by atoms with Crippen molar-refractivity contribution in [2.75, 3.05) is 18.1 Å². The maximum absolute atomic E-state index is 11.4. The zero-order valence-corrected chi connectivity index (χ0v) is 13.3. The number of hydrogen-bond acceptors (Lipinski definition) is 5. The molecule has 21 heavy (non-hydrogen) atoms. The van der Waals surface area contributed by atoms with Crippen molar-refractivity contribution in [3.05, 3.63) is 29.3 Å². The average Bonchev–Trinajstić information content (AvgIpc) is 2.33. The predicted molar refractivity (Wildman–Crippen MR) is 81.7 cm³/mol. The Morgan fingerprint density at radius 1 is 1.38 bits per heavy atom. The molecular weight excluding hydrogens is 290 g/mol. The van der Waals surface area contributed by atoms with Gasteiger partial charge in [-0.15, -0.1) is 0 Å². The Labute approximate surface area is 125 Å². The number of carbonyl (C=O) groups is 1. The van der Waals surface area contributed by atoms with Crippen LogP contribution >= 0.6 is 0 Å². The first-order chi connectivity index (χ1) is 9.54. The first-order valence-electron chi connectivity index (χ1n) is 6.32. The number of hydrogen-bond donors (Lipinski definition) is 2. The average molecular weight is 309 g/mol. The number of ketones is 1. The van der Waals surface area contributed by atoms with E-state index in [4.69, 9.17) is 5.26 Å². The van der Waals surface area contributed by atoms with Gasteiger partial charge in [0.2, 0.25) is 10.0 Å². The number of sulfonamides is 1. The predicted octanol–water partition coefficient (Wildman–Crippen LogP) is 1.50. The van der Waals surface area contributed by atoms with Crippen LogP contribution < -0.4 is 10.0 Å². The molecule has 0 spiro atoms. The second kappa shape index (κ2) is 6.24. The van der Waals surface area contributed by atoms with Gasteiger partial charge in [0.15, 0.2) is 5.78 Å². The maximum atomic E-state index is 11.4. The molecular formula is C14H19N3O3S. The van der Waals surface area contributed by atoms with Crippen LogP contribution in [0.15, 0.2) is 18.2 Å². The number of rotatable bonds is 6. The van der Waals surface area contributed by atoms with E-state index in [9.17, 15) is 13.2 Å². The highest BCUT2D eigenvalue weighted by Gasteiger charge is 2.22. The monoisotopic (exact) mass is 309 g/mol. The van der Waals surface area contributed by atoms with Gasteiger partial charge in [0.25, 0.3) is 0 Å². The normalized spacial score (nSPS) is 11.8. The van der Waals surface area contributed by atoms with Gasteiger partial charge in [-0.3, -0.25) is 4.79 Å². The first-order valence-corrected chi connectivity index (χ1v) is 8.21. The van der Waals surface area contributed by atoms with Gasteiger partial charge in [-0.05, 0) is 39.0 Å². The van der Waals surface area contributed by atoms with Gasteiger partial charge in [0.1, 0.15) is 6.07 Å². The van der Waals surface area contributed by atoms with Crippen molar-refractivity contribution >= 4 is 21.5 Å². The molecule has 1 aromatic carbocycles. The molecule has 0 aromatic heterocycles. The minimum absolute atomic E-state index is 0.101. The standard InChI is InChI=1S/C14H19N3O3S/c1-10(18)11-5-6-12(8-15)13(7-11)16-9-14(2,3)17-21(4,19)20/h5-7,16-17H,9H2,1-4H3. The van der Waals surface area contributed by atoms with E-state index in [0.717, 1.165) is 6.26 Å². The summed E-state index contributed by atoms with van der Waals surface area (Å²) in [5, 5.41) is 12.1. The van der Waals surface area contributed by atoms with Gasteiger partial charge >= 0.3 is 0 Å². The highest BCUT2D eigenvalue weighted by atomic mass is 32.2. The van der Waals surface area contributed by atoms with Crippen molar-refractivity contribution < 1.29 is 13.2 Å². The molecule has 0 fully saturated rings. The summed E-state index contributed by atoms with van der Waals surface area (Å²) in [6.45, 7) is 5.17. The Morgan fingerprint density at radius 3 is 2.48 bits per heavy atom. The molecule has 0 saturated heterocycles. The van der Waals surface area contributed by atoms with Gasteiger partial charge < -0.3 is 5.32 Å². The molecule has 0 aliphatic heterocycles. The van der Waals surface area contributed by atoms with Crippen molar-refractivity contribution in [2.24, 2.45) is 0 Å². The zero-order valence-electron chi connectivity index (χ0n) is 12.5. The number of carbonyl (C=O) groups excluding carboxylic acids is 1. The summed E-state index contributed by atoms with van der Waals surface area (Å²) in [6.07, 6.45) is 1.09. The quantitative estimate of drug-likeness (QED) is 0.776. The van der Waals surface area contributed by atoms with E-state index in [0.29, 0.717) is 16.8 Å². The molecule has 0 aliphatic carbocycles. The molecule has 6 nitrogen and oxygen atoms in total. The molecule has 2 N–H and O–H groups in total. The third-order valence-corrected chi connectivity index (χ3v) is 3.65. The largest absolute Gasteiger partial charge is 0.382 e. The van der Waals surface area contributed by atoms with Crippen LogP contribution in [0.3, 0.4) is 0 Å². The Bertz CT molecular complexity index is 688. The maximum Gasteiger partial charge on any atom is 0.209 e. The molecule has 0 amide bonds. The summed E-state index contributed by atoms with van der Waals surface area (Å²) in [7, 11) is -3.33. The number of benzene rings is 1. The molecule has 0 saturated carbocycles. The van der Waals surface area contributed by atoms with Crippen LogP contribution in [-0.2, 0) is 10.0 Å². The molecule has 1 aromatic rings. The van der Waals surface area contributed by atoms with Crippen molar-refractivity contribution in [1.29, 1.82) is 5.26 Å². The highest BCUT2D eigenvalue weighted by Crippen LogP contribution is 2.18. The molecule has 0 bridgehead atoms. The van der Waals surface area contributed by atoms with E-state index >= 15 is 0 Å². The van der Waals surface area contributed by atoms with E-state index < -0.39 is 15.6 Å². The Balaban J connectivity index is 2.95. The molecule has 114 valence electrons. The van der Waals surface area contributed by atoms with Gasteiger partial charge in [-0.2, -0.15) is 5.26 Å². The lowest BCUT2D eigenvalue weighted by molar-refractivity contribution is 0.101. The van der Waals surface area contributed by atoms with Crippen LogP contribution in [0.5, 0.6) is 0 Å². The van der Waals surface area contributed by atoms with Crippen LogP contribution in [0.4, 0.5) is 5.69 Å². The van der Waals surface area contributed by atoms with Crippen LogP contribution in [0, 0.1) is 11.3 Å². The Kier molecular flexibility index (Phi) is 5.10. The summed E-state index contributed by atoms with van der Waals surface area (Å²) in [5.41, 5.74) is 0.668. The molecule has 0 atom stereocenters. The lowest BCUT2D eigenvalue weighted by Crippen LogP contribution is -2.47. The lowest BCUT2D eigenvalue weighted by Gasteiger charge is -2.26. The molecule has 1 rings (SSSR count). The van der Waals surface area contributed by atoms with Crippen LogP contribution in [0.2, 0.25) is 0 Å². The van der Waals surface area contributed by atoms with Crippen molar-refractivity contribution in [1.82, 2.24) is 4.72 Å². The van der Waals surface area contributed by atoms with Crippen LogP contribution in [0.1, 0.15) is 36.7 Å². The van der Waals surface area contributed by atoms with E-state index in [2.05, 4.69) is 10.0 Å². The molecule has 7 heteroatoms. The fourth-order valence-corrected chi connectivity index (χ4v) is 2.94. The second-order valence-electron chi connectivity index (χ2n) is 5.54. The summed E-state index contributed by atoms with van der Waals surface area (Å²) >= 11 is 0. The van der Waals surface area contributed by atoms with E-state index in [1.807, 2.05) is 6.07 Å². The topological polar surface area (TPSA) is 99.1 Å². The summed E-state index contributed by atoms with van der Waals surface area (Å²) in [6, 6.07) is 6.78. The van der Waals surface area contributed by atoms with Gasteiger partial charge in [0, 0.05) is 17.6 Å². The van der Waals surface area contributed by atoms with E-state index in [1.165, 1.54) is 6.92 Å². The Hall–Kier alpha value is -1.91. The Morgan fingerprint density at radius 2 is 2.00 bits per heavy atom. The SMILES string of the molecule is CC(=O)c1ccc(C#N)c(NCC(C)(C)NS(C)(=O)=O)c1. The fraction of sp³-hybridized carbons (Fsp3) is 0.429. The molecule has 0 radical (unpaired) electrons. The fourth-order valence-electron chi connectivity index (χ4n) is 1.86. The van der Waals surface area contributed by atoms with E-state index in [-0.39, 0.29) is 12.3 Å². The summed E-state index contributed by atoms with van der Waals surface area (Å²) in [4.78, 5) is 11.4.